The molecule has 0 aliphatic heterocycles. The summed E-state index contributed by atoms with van der Waals surface area (Å²) in [6.07, 6.45) is 4.40. The summed E-state index contributed by atoms with van der Waals surface area (Å²) in [5, 5.41) is 6.75. The van der Waals surface area contributed by atoms with Crippen LogP contribution in [0.1, 0.15) is 26.6 Å². The monoisotopic (exact) mass is 190 g/mol. The van der Waals surface area contributed by atoms with Gasteiger partial charge in [-0.15, -0.1) is 0 Å². The van der Waals surface area contributed by atoms with Crippen LogP contribution >= 0.6 is 0 Å². The van der Waals surface area contributed by atoms with Crippen LogP contribution in [0.15, 0.2) is 12.4 Å². The summed E-state index contributed by atoms with van der Waals surface area (Å²) in [5.74, 6) is 0.881. The average molecular weight is 190 g/mol. The Labute approximate surface area is 82.8 Å². The largest absolute Gasteiger partial charge is 0.275 e. The molecule has 0 fully saturated rings. The zero-order valence-corrected chi connectivity index (χ0v) is 8.70. The molecule has 2 heterocycles. The highest BCUT2D eigenvalue weighted by Crippen LogP contribution is 2.18. The first-order chi connectivity index (χ1) is 6.54. The predicted octanol–water partition coefficient (Wildman–Crippen LogP) is 1.94. The van der Waals surface area contributed by atoms with Crippen LogP contribution in [0.2, 0.25) is 0 Å². The van der Waals surface area contributed by atoms with Gasteiger partial charge in [-0.25, -0.2) is 9.97 Å². The maximum Gasteiger partial charge on any atom is 0.129 e. The molecule has 0 spiro atoms. The third-order valence-corrected chi connectivity index (χ3v) is 1.93. The second-order valence-corrected chi connectivity index (χ2v) is 4.69. The second-order valence-electron chi connectivity index (χ2n) is 4.69. The fourth-order valence-corrected chi connectivity index (χ4v) is 1.34. The van der Waals surface area contributed by atoms with Crippen LogP contribution in [0.25, 0.3) is 11.0 Å². The van der Waals surface area contributed by atoms with Gasteiger partial charge in [-0.1, -0.05) is 20.8 Å². The van der Waals surface area contributed by atoms with Gasteiger partial charge < -0.3 is 0 Å². The van der Waals surface area contributed by atoms with E-state index in [4.69, 9.17) is 0 Å². The zero-order chi connectivity index (χ0) is 10.2. The van der Waals surface area contributed by atoms with Crippen LogP contribution < -0.4 is 0 Å². The van der Waals surface area contributed by atoms with Crippen LogP contribution in [0.3, 0.4) is 0 Å². The number of H-pyrrole nitrogens is 1. The zero-order valence-electron chi connectivity index (χ0n) is 8.70. The molecule has 2 rings (SSSR count). The molecular formula is C10H14N4. The number of aromatic amines is 1. The van der Waals surface area contributed by atoms with E-state index in [-0.39, 0.29) is 5.41 Å². The third-order valence-electron chi connectivity index (χ3n) is 1.93. The van der Waals surface area contributed by atoms with Gasteiger partial charge in [0, 0.05) is 6.42 Å². The van der Waals surface area contributed by atoms with E-state index in [9.17, 15) is 0 Å². The van der Waals surface area contributed by atoms with E-state index in [2.05, 4.69) is 40.9 Å². The highest BCUT2D eigenvalue weighted by molar-refractivity contribution is 5.71. The second kappa shape index (κ2) is 3.04. The summed E-state index contributed by atoms with van der Waals surface area (Å²) >= 11 is 0. The smallest absolute Gasteiger partial charge is 0.129 e. The molecule has 0 aliphatic rings. The van der Waals surface area contributed by atoms with Gasteiger partial charge in [0.2, 0.25) is 0 Å². The topological polar surface area (TPSA) is 54.5 Å². The summed E-state index contributed by atoms with van der Waals surface area (Å²) < 4.78 is 0. The molecule has 0 saturated heterocycles. The molecule has 0 radical (unpaired) electrons. The van der Waals surface area contributed by atoms with Crippen molar-refractivity contribution in [3.63, 3.8) is 0 Å². The number of aromatic nitrogens is 4. The highest BCUT2D eigenvalue weighted by atomic mass is 15.1. The van der Waals surface area contributed by atoms with Crippen LogP contribution in [0.5, 0.6) is 0 Å². The van der Waals surface area contributed by atoms with Crippen molar-refractivity contribution in [1.82, 2.24) is 20.2 Å². The Kier molecular flexibility index (Phi) is 1.98. The molecule has 74 valence electrons. The number of rotatable bonds is 1. The number of fused-ring (bicyclic) bond motifs is 1. The van der Waals surface area contributed by atoms with Crippen molar-refractivity contribution in [2.24, 2.45) is 5.41 Å². The molecule has 4 heteroatoms. The molecule has 0 aromatic carbocycles. The van der Waals surface area contributed by atoms with Crippen molar-refractivity contribution in [2.45, 2.75) is 27.2 Å². The fraction of sp³-hybridized carbons (Fsp3) is 0.500. The lowest BCUT2D eigenvalue weighted by Gasteiger charge is -2.16. The van der Waals surface area contributed by atoms with E-state index in [1.54, 1.807) is 12.4 Å². The first-order valence-corrected chi connectivity index (χ1v) is 4.70. The first-order valence-electron chi connectivity index (χ1n) is 4.70. The van der Waals surface area contributed by atoms with Crippen LogP contribution in [0, 0.1) is 5.41 Å². The quantitative estimate of drug-likeness (QED) is 0.747. The van der Waals surface area contributed by atoms with Crippen LogP contribution in [0.4, 0.5) is 0 Å². The summed E-state index contributed by atoms with van der Waals surface area (Å²) in [4.78, 5) is 8.70. The molecular weight excluding hydrogens is 176 g/mol. The van der Waals surface area contributed by atoms with E-state index in [0.29, 0.717) is 0 Å². The molecule has 0 bridgehead atoms. The average Bonchev–Trinajstić information content (AvgIpc) is 2.47. The molecule has 0 saturated carbocycles. The van der Waals surface area contributed by atoms with Gasteiger partial charge >= 0.3 is 0 Å². The molecule has 0 atom stereocenters. The van der Waals surface area contributed by atoms with Gasteiger partial charge in [0.15, 0.2) is 0 Å². The van der Waals surface area contributed by atoms with E-state index in [1.807, 2.05) is 0 Å². The minimum atomic E-state index is 0.220. The summed E-state index contributed by atoms with van der Waals surface area (Å²) in [7, 11) is 0. The van der Waals surface area contributed by atoms with E-state index in [0.717, 1.165) is 23.3 Å². The van der Waals surface area contributed by atoms with Gasteiger partial charge in [0.05, 0.1) is 12.4 Å². The van der Waals surface area contributed by atoms with Crippen molar-refractivity contribution >= 4 is 11.0 Å². The SMILES string of the molecule is CC(C)(C)Cc1ncc2[nH]ncc2n1. The maximum absolute atomic E-state index is 4.42. The number of nitrogens with one attached hydrogen (secondary N) is 1. The van der Waals surface area contributed by atoms with Gasteiger partial charge in [-0.3, -0.25) is 5.10 Å². The number of hydrogen-bond acceptors (Lipinski definition) is 3. The Hall–Kier alpha value is -1.45. The lowest BCUT2D eigenvalue weighted by Crippen LogP contribution is -2.11. The van der Waals surface area contributed by atoms with Crippen LogP contribution in [-0.2, 0) is 6.42 Å². The fourth-order valence-electron chi connectivity index (χ4n) is 1.34. The normalized spacial score (nSPS) is 12.2. The molecule has 0 amide bonds. The molecule has 14 heavy (non-hydrogen) atoms. The number of nitrogens with zero attached hydrogens (tertiary/aromatic N) is 3. The maximum atomic E-state index is 4.42. The molecule has 2 aromatic rings. The van der Waals surface area contributed by atoms with Gasteiger partial charge in [-0.05, 0) is 5.41 Å². The number of hydrogen-bond donors (Lipinski definition) is 1. The van der Waals surface area contributed by atoms with Crippen molar-refractivity contribution in [2.75, 3.05) is 0 Å². The Bertz CT molecular complexity index is 439. The molecule has 1 N–H and O–H groups in total. The summed E-state index contributed by atoms with van der Waals surface area (Å²) in [6, 6.07) is 0. The Morgan fingerprint density at radius 2 is 2.07 bits per heavy atom. The standard InChI is InChI=1S/C10H14N4/c1-10(2,3)4-9-11-5-8-7(13-9)6-12-14-8/h5-6H,4H2,1-3H3,(H,12,14). The molecule has 0 aliphatic carbocycles. The van der Waals surface area contributed by atoms with E-state index >= 15 is 0 Å². The van der Waals surface area contributed by atoms with Gasteiger partial charge in [0.1, 0.15) is 16.9 Å². The molecule has 4 nitrogen and oxygen atoms in total. The summed E-state index contributed by atoms with van der Waals surface area (Å²) in [5.41, 5.74) is 2.00. The lowest BCUT2D eigenvalue weighted by atomic mass is 9.92. The summed E-state index contributed by atoms with van der Waals surface area (Å²) in [6.45, 7) is 6.53. The van der Waals surface area contributed by atoms with Crippen molar-refractivity contribution in [3.05, 3.63) is 18.2 Å². The van der Waals surface area contributed by atoms with E-state index < -0.39 is 0 Å². The van der Waals surface area contributed by atoms with Crippen molar-refractivity contribution < 1.29 is 0 Å². The van der Waals surface area contributed by atoms with Gasteiger partial charge in [-0.2, -0.15) is 5.10 Å². The minimum Gasteiger partial charge on any atom is -0.275 e. The Balaban J connectivity index is 2.35. The molecule has 2 aromatic heterocycles. The highest BCUT2D eigenvalue weighted by Gasteiger charge is 2.13. The van der Waals surface area contributed by atoms with E-state index in [1.165, 1.54) is 0 Å². The minimum absolute atomic E-state index is 0.220. The lowest BCUT2D eigenvalue weighted by molar-refractivity contribution is 0.401. The van der Waals surface area contributed by atoms with Crippen molar-refractivity contribution in [1.29, 1.82) is 0 Å². The Morgan fingerprint density at radius 1 is 1.29 bits per heavy atom. The third kappa shape index (κ3) is 1.89. The van der Waals surface area contributed by atoms with Crippen molar-refractivity contribution in [3.8, 4) is 0 Å². The first kappa shape index (κ1) is 9.12. The Morgan fingerprint density at radius 3 is 2.79 bits per heavy atom. The predicted molar refractivity (Wildman–Crippen MR) is 54.8 cm³/mol. The molecule has 0 unspecified atom stereocenters. The van der Waals surface area contributed by atoms with Gasteiger partial charge in [0.25, 0.3) is 0 Å². The van der Waals surface area contributed by atoms with Crippen LogP contribution in [-0.4, -0.2) is 20.2 Å².